The van der Waals surface area contributed by atoms with Crippen LogP contribution in [0.15, 0.2) is 0 Å². The molecule has 0 amide bonds. The minimum atomic E-state index is -4.59. The minimum Gasteiger partial charge on any atom is -0.449 e. The van der Waals surface area contributed by atoms with Gasteiger partial charge in [-0.05, 0) is 0 Å². The van der Waals surface area contributed by atoms with Gasteiger partial charge in [0, 0.05) is 13.7 Å². The third-order valence-electron chi connectivity index (χ3n) is 0.880. The van der Waals surface area contributed by atoms with Crippen LogP contribution in [0.25, 0.3) is 0 Å². The molecule has 0 aromatic heterocycles. The van der Waals surface area contributed by atoms with Gasteiger partial charge in [-0.1, -0.05) is 12.7 Å². The summed E-state index contributed by atoms with van der Waals surface area (Å²) in [4.78, 5) is 0. The molecule has 0 aromatic rings. The van der Waals surface area contributed by atoms with Crippen molar-refractivity contribution in [1.82, 2.24) is 0 Å². The van der Waals surface area contributed by atoms with Crippen molar-refractivity contribution in [3.63, 3.8) is 0 Å². The van der Waals surface area contributed by atoms with Crippen LogP contribution in [-0.4, -0.2) is 20.7 Å². The maximum absolute atomic E-state index is 11.4. The Morgan fingerprint density at radius 1 is 1.33 bits per heavy atom. The second-order valence-corrected chi connectivity index (χ2v) is 1.85. The van der Waals surface area contributed by atoms with Crippen molar-refractivity contribution in [2.75, 3.05) is 13.7 Å². The molecule has 0 heterocycles. The Balaban J connectivity index is 3.07. The van der Waals surface area contributed by atoms with Gasteiger partial charge < -0.3 is 17.7 Å². The summed E-state index contributed by atoms with van der Waals surface area (Å²) in [7, 11) is 1.39. The number of rotatable bonds is 4. The first-order chi connectivity index (χ1) is 4.06. The fourth-order valence-corrected chi connectivity index (χ4v) is 0.459. The molecule has 9 heavy (non-hydrogen) atoms. The van der Waals surface area contributed by atoms with Crippen LogP contribution < -0.4 is 0 Å². The highest BCUT2D eigenvalue weighted by molar-refractivity contribution is 6.58. The van der Waals surface area contributed by atoms with Gasteiger partial charge in [-0.2, -0.15) is 0 Å². The average molecular weight is 141 g/mol. The summed E-state index contributed by atoms with van der Waals surface area (Å²) >= 11 is 0. The molecule has 0 bridgehead atoms. The standard InChI is InChI=1S/C4H9BF3O/c1-9-4-2-3-5(6,7)8/h2-4H2,1H3/q-1. The van der Waals surface area contributed by atoms with Gasteiger partial charge in [-0.3, -0.25) is 0 Å². The predicted molar refractivity (Wildman–Crippen MR) is 30.4 cm³/mol. The van der Waals surface area contributed by atoms with Crippen LogP contribution in [0.3, 0.4) is 0 Å². The highest BCUT2D eigenvalue weighted by Crippen LogP contribution is 2.16. The van der Waals surface area contributed by atoms with Crippen molar-refractivity contribution in [2.24, 2.45) is 0 Å². The Kier molecular flexibility index (Phi) is 3.69. The fourth-order valence-electron chi connectivity index (χ4n) is 0.459. The van der Waals surface area contributed by atoms with E-state index in [9.17, 15) is 12.9 Å². The van der Waals surface area contributed by atoms with Crippen LogP contribution in [0.1, 0.15) is 6.42 Å². The molecule has 0 aliphatic carbocycles. The zero-order valence-electron chi connectivity index (χ0n) is 5.24. The third-order valence-corrected chi connectivity index (χ3v) is 0.880. The number of methoxy groups -OCH3 is 1. The zero-order valence-corrected chi connectivity index (χ0v) is 5.24. The molecule has 0 saturated carbocycles. The number of hydrogen-bond acceptors (Lipinski definition) is 1. The van der Waals surface area contributed by atoms with E-state index >= 15 is 0 Å². The van der Waals surface area contributed by atoms with Crippen LogP contribution in [-0.2, 0) is 4.74 Å². The second kappa shape index (κ2) is 3.77. The van der Waals surface area contributed by atoms with E-state index in [-0.39, 0.29) is 13.0 Å². The molecular weight excluding hydrogens is 132 g/mol. The van der Waals surface area contributed by atoms with Gasteiger partial charge in [0.25, 0.3) is 0 Å². The molecule has 0 aromatic carbocycles. The van der Waals surface area contributed by atoms with Crippen molar-refractivity contribution in [3.8, 4) is 0 Å². The summed E-state index contributed by atoms with van der Waals surface area (Å²) in [5.74, 6) is 0. The summed E-state index contributed by atoms with van der Waals surface area (Å²) in [6.07, 6.45) is -0.603. The first-order valence-electron chi connectivity index (χ1n) is 2.76. The van der Waals surface area contributed by atoms with Gasteiger partial charge in [0.15, 0.2) is 0 Å². The number of hydrogen-bond donors (Lipinski definition) is 0. The number of halogens is 3. The molecule has 1 nitrogen and oxygen atoms in total. The molecule has 0 unspecified atom stereocenters. The Labute approximate surface area is 52.3 Å². The Hall–Kier alpha value is -0.185. The fraction of sp³-hybridized carbons (Fsp3) is 1.00. The summed E-state index contributed by atoms with van der Waals surface area (Å²) in [5.41, 5.74) is 0. The normalized spacial score (nSPS) is 12.0. The molecule has 0 rings (SSSR count). The topological polar surface area (TPSA) is 9.23 Å². The molecule has 0 radical (unpaired) electrons. The van der Waals surface area contributed by atoms with E-state index in [1.807, 2.05) is 0 Å². The van der Waals surface area contributed by atoms with Gasteiger partial charge in [-0.15, -0.1) is 0 Å². The van der Waals surface area contributed by atoms with E-state index in [1.54, 1.807) is 0 Å². The van der Waals surface area contributed by atoms with Crippen molar-refractivity contribution in [3.05, 3.63) is 0 Å². The first kappa shape index (κ1) is 8.81. The molecule has 0 atom stereocenters. The van der Waals surface area contributed by atoms with Gasteiger partial charge in [0.2, 0.25) is 0 Å². The van der Waals surface area contributed by atoms with Crippen molar-refractivity contribution < 1.29 is 17.7 Å². The highest BCUT2D eigenvalue weighted by Gasteiger charge is 2.21. The molecule has 5 heteroatoms. The van der Waals surface area contributed by atoms with Crippen LogP contribution in [0.4, 0.5) is 12.9 Å². The second-order valence-electron chi connectivity index (χ2n) is 1.85. The first-order valence-corrected chi connectivity index (χ1v) is 2.76. The van der Waals surface area contributed by atoms with Gasteiger partial charge in [0.1, 0.15) is 0 Å². The van der Waals surface area contributed by atoms with Gasteiger partial charge in [-0.25, -0.2) is 0 Å². The molecule has 0 spiro atoms. The lowest BCUT2D eigenvalue weighted by atomic mass is 9.85. The van der Waals surface area contributed by atoms with Crippen LogP contribution in [0, 0.1) is 0 Å². The van der Waals surface area contributed by atoms with E-state index in [4.69, 9.17) is 0 Å². The summed E-state index contributed by atoms with van der Waals surface area (Å²) in [5, 5.41) is 0. The molecule has 0 fully saturated rings. The lowest BCUT2D eigenvalue weighted by Crippen LogP contribution is -2.14. The molecule has 0 saturated heterocycles. The van der Waals surface area contributed by atoms with E-state index in [2.05, 4.69) is 4.74 Å². The van der Waals surface area contributed by atoms with Crippen molar-refractivity contribution in [2.45, 2.75) is 12.7 Å². The van der Waals surface area contributed by atoms with E-state index in [1.165, 1.54) is 7.11 Å². The maximum atomic E-state index is 11.4. The molecular formula is C4H9BF3O-. The molecule has 0 aliphatic rings. The number of ether oxygens (including phenoxy) is 1. The summed E-state index contributed by atoms with van der Waals surface area (Å²) in [6, 6.07) is 0. The van der Waals surface area contributed by atoms with Crippen molar-refractivity contribution in [1.29, 1.82) is 0 Å². The Morgan fingerprint density at radius 2 is 1.89 bits per heavy atom. The van der Waals surface area contributed by atoms with Crippen LogP contribution >= 0.6 is 0 Å². The summed E-state index contributed by atoms with van der Waals surface area (Å²) in [6.45, 7) is -4.39. The predicted octanol–water partition coefficient (Wildman–Crippen LogP) is 1.87. The summed E-state index contributed by atoms with van der Waals surface area (Å²) < 4.78 is 38.6. The lowest BCUT2D eigenvalue weighted by molar-refractivity contribution is 0.196. The Morgan fingerprint density at radius 3 is 2.22 bits per heavy atom. The third kappa shape index (κ3) is 7.81. The largest absolute Gasteiger partial charge is 0.478 e. The van der Waals surface area contributed by atoms with Crippen LogP contribution in [0.2, 0.25) is 6.32 Å². The van der Waals surface area contributed by atoms with E-state index < -0.39 is 13.3 Å². The average Bonchev–Trinajstić information content (AvgIpc) is 1.63. The van der Waals surface area contributed by atoms with E-state index in [0.29, 0.717) is 0 Å². The van der Waals surface area contributed by atoms with Gasteiger partial charge in [0.05, 0.1) is 0 Å². The zero-order chi connectivity index (χ0) is 7.33. The van der Waals surface area contributed by atoms with Crippen LogP contribution in [0.5, 0.6) is 0 Å². The minimum absolute atomic E-state index is 0.0833. The van der Waals surface area contributed by atoms with E-state index in [0.717, 1.165) is 0 Å². The Bertz CT molecular complexity index is 72.7. The molecule has 56 valence electrons. The quantitative estimate of drug-likeness (QED) is 0.428. The highest BCUT2D eigenvalue weighted by atomic mass is 19.4. The van der Waals surface area contributed by atoms with Gasteiger partial charge >= 0.3 is 6.98 Å². The lowest BCUT2D eigenvalue weighted by Gasteiger charge is -2.11. The van der Waals surface area contributed by atoms with Crippen molar-refractivity contribution >= 4 is 6.98 Å². The smallest absolute Gasteiger partial charge is 0.449 e. The maximum Gasteiger partial charge on any atom is 0.478 e. The SMILES string of the molecule is COCCC[B-](F)(F)F. The molecule has 0 aliphatic heterocycles. The monoisotopic (exact) mass is 141 g/mol. The molecule has 0 N–H and O–H groups in total.